The summed E-state index contributed by atoms with van der Waals surface area (Å²) in [6.45, 7) is 7.25. The zero-order valence-electron chi connectivity index (χ0n) is 17.0. The maximum absolute atomic E-state index is 10.4. The van der Waals surface area contributed by atoms with Gasteiger partial charge in [-0.2, -0.15) is 0 Å². The molecule has 0 bridgehead atoms. The Bertz CT molecular complexity index is 1190. The van der Waals surface area contributed by atoms with Crippen molar-refractivity contribution in [1.29, 1.82) is 0 Å². The lowest BCUT2D eigenvalue weighted by atomic mass is 9.78. The van der Waals surface area contributed by atoms with Crippen LogP contribution in [0, 0.1) is 0 Å². The number of halogens is 1. The van der Waals surface area contributed by atoms with Gasteiger partial charge in [0.25, 0.3) is 0 Å². The highest BCUT2D eigenvalue weighted by Gasteiger charge is 2.36. The maximum Gasteiger partial charge on any atom is 0.331 e. The minimum atomic E-state index is -0.992. The van der Waals surface area contributed by atoms with Crippen LogP contribution >= 0.6 is 22.9 Å². The number of hydrogen-bond acceptors (Lipinski definition) is 3. The largest absolute Gasteiger partial charge is 0.427 e. The van der Waals surface area contributed by atoms with E-state index in [9.17, 15) is 5.11 Å². The van der Waals surface area contributed by atoms with E-state index in [-0.39, 0.29) is 0 Å². The first kappa shape index (κ1) is 20.4. The zero-order chi connectivity index (χ0) is 20.8. The fourth-order valence-electron chi connectivity index (χ4n) is 3.19. The average molecular weight is 422 g/mol. The summed E-state index contributed by atoms with van der Waals surface area (Å²) < 4.78 is 8.55. The summed E-state index contributed by atoms with van der Waals surface area (Å²) in [7, 11) is 1.71. The molecule has 2 nitrogen and oxygen atoms in total. The predicted octanol–water partition coefficient (Wildman–Crippen LogP) is 6.19. The Hall–Kier alpha value is -1.85. The van der Waals surface area contributed by atoms with Gasteiger partial charge < -0.3 is 9.76 Å². The number of thiophene rings is 1. The summed E-state index contributed by atoms with van der Waals surface area (Å²) >= 11 is 8.10. The van der Waals surface area contributed by atoms with Crippen LogP contribution in [0.15, 0.2) is 60.7 Å². The monoisotopic (exact) mass is 421 g/mol. The van der Waals surface area contributed by atoms with Crippen LogP contribution in [0.3, 0.4) is 0 Å². The molecule has 0 aliphatic rings. The molecule has 0 aliphatic carbocycles. The zero-order valence-corrected chi connectivity index (χ0v) is 18.6. The van der Waals surface area contributed by atoms with Crippen LogP contribution in [0.5, 0.6) is 0 Å². The van der Waals surface area contributed by atoms with Crippen molar-refractivity contribution in [1.82, 2.24) is 0 Å². The smallest absolute Gasteiger partial charge is 0.331 e. The fraction of sp³-hybridized carbons (Fsp3) is 0.250. The van der Waals surface area contributed by atoms with E-state index in [1.807, 2.05) is 32.0 Å². The van der Waals surface area contributed by atoms with Crippen molar-refractivity contribution in [3.8, 4) is 11.1 Å². The van der Waals surface area contributed by atoms with Crippen molar-refractivity contribution in [2.45, 2.75) is 38.9 Å². The van der Waals surface area contributed by atoms with E-state index in [1.54, 1.807) is 32.7 Å². The number of fused-ring (bicyclic) bond motifs is 3. The third-order valence-electron chi connectivity index (χ3n) is 5.66. The normalized spacial score (nSPS) is 12.6. The van der Waals surface area contributed by atoms with E-state index in [0.717, 1.165) is 16.6 Å². The van der Waals surface area contributed by atoms with E-state index >= 15 is 0 Å². The molecule has 4 rings (SSSR count). The van der Waals surface area contributed by atoms with Crippen molar-refractivity contribution >= 4 is 56.1 Å². The van der Waals surface area contributed by atoms with Gasteiger partial charge in [0.15, 0.2) is 0 Å². The Morgan fingerprint density at radius 3 is 2.38 bits per heavy atom. The van der Waals surface area contributed by atoms with Crippen LogP contribution in [-0.4, -0.2) is 23.8 Å². The molecular weight excluding hydrogens is 399 g/mol. The maximum atomic E-state index is 10.4. The Balaban J connectivity index is 1.82. The molecule has 0 spiro atoms. The van der Waals surface area contributed by atoms with E-state index in [1.165, 1.54) is 20.2 Å². The summed E-state index contributed by atoms with van der Waals surface area (Å²) in [6, 6.07) is 20.7. The first-order chi connectivity index (χ1) is 13.7. The van der Waals surface area contributed by atoms with Gasteiger partial charge in [-0.25, -0.2) is 0 Å². The van der Waals surface area contributed by atoms with Crippen LogP contribution < -0.4 is 5.46 Å². The Morgan fingerprint density at radius 1 is 0.897 bits per heavy atom. The van der Waals surface area contributed by atoms with Crippen molar-refractivity contribution in [3.63, 3.8) is 0 Å². The molecule has 29 heavy (non-hydrogen) atoms. The quantitative estimate of drug-likeness (QED) is 0.390. The molecule has 147 valence electrons. The first-order valence-corrected chi connectivity index (χ1v) is 10.8. The molecule has 5 heteroatoms. The van der Waals surface area contributed by atoms with Crippen molar-refractivity contribution in [2.24, 2.45) is 0 Å². The van der Waals surface area contributed by atoms with Gasteiger partial charge in [0.05, 0.1) is 11.2 Å². The number of rotatable bonds is 5. The van der Waals surface area contributed by atoms with Crippen molar-refractivity contribution in [2.75, 3.05) is 0 Å². The van der Waals surface area contributed by atoms with Crippen molar-refractivity contribution < 1.29 is 9.76 Å². The third-order valence-corrected chi connectivity index (χ3v) is 7.12. The van der Waals surface area contributed by atoms with Crippen LogP contribution in [0.1, 0.15) is 27.7 Å². The summed E-state index contributed by atoms with van der Waals surface area (Å²) in [6.07, 6.45) is 0. The summed E-state index contributed by atoms with van der Waals surface area (Å²) in [5, 5.41) is 13.6. The summed E-state index contributed by atoms with van der Waals surface area (Å²) in [5.41, 5.74) is 1.35. The highest BCUT2D eigenvalue weighted by molar-refractivity contribution is 7.26. The van der Waals surface area contributed by atoms with Crippen LogP contribution in [-0.2, 0) is 4.65 Å². The molecule has 0 saturated carbocycles. The lowest BCUT2D eigenvalue weighted by Gasteiger charge is -2.37. The Labute approximate surface area is 181 Å². The van der Waals surface area contributed by atoms with E-state index in [4.69, 9.17) is 16.3 Å². The molecule has 1 radical (unpaired) electrons. The number of benzene rings is 3. The lowest BCUT2D eigenvalue weighted by Crippen LogP contribution is -2.49. The molecule has 0 unspecified atom stereocenters. The van der Waals surface area contributed by atoms with Gasteiger partial charge in [0, 0.05) is 25.2 Å². The fourth-order valence-corrected chi connectivity index (χ4v) is 4.60. The van der Waals surface area contributed by atoms with Gasteiger partial charge in [0.1, 0.15) is 0 Å². The first-order valence-electron chi connectivity index (χ1n) is 9.61. The highest BCUT2D eigenvalue weighted by Crippen LogP contribution is 2.39. The molecule has 3 aromatic carbocycles. The standard InChI is InChI=1S/C24H23BClO2S/c1-23(2,27)24(3,4)28-25-20-14-15(26)12-13-16(20)18-9-7-10-19-17-8-5-6-11-21(17)29-22(18)19/h5-14,27H,1-4H3. The van der Waals surface area contributed by atoms with Gasteiger partial charge in [-0.1, -0.05) is 54.1 Å². The molecule has 1 heterocycles. The molecule has 4 aromatic rings. The average Bonchev–Trinajstić information content (AvgIpc) is 3.05. The second kappa shape index (κ2) is 7.44. The van der Waals surface area contributed by atoms with E-state index in [2.05, 4.69) is 42.5 Å². The minimum absolute atomic E-state index is 0.646. The van der Waals surface area contributed by atoms with Gasteiger partial charge in [-0.05, 0) is 62.5 Å². The predicted molar refractivity (Wildman–Crippen MR) is 127 cm³/mol. The Morgan fingerprint density at radius 2 is 1.62 bits per heavy atom. The van der Waals surface area contributed by atoms with Gasteiger partial charge >= 0.3 is 7.48 Å². The number of aliphatic hydroxyl groups is 1. The van der Waals surface area contributed by atoms with Gasteiger partial charge in [-0.15, -0.1) is 11.3 Å². The lowest BCUT2D eigenvalue weighted by molar-refractivity contribution is -0.0893. The molecule has 0 saturated heterocycles. The Kier molecular flexibility index (Phi) is 5.24. The molecule has 0 fully saturated rings. The third kappa shape index (κ3) is 3.83. The van der Waals surface area contributed by atoms with Crippen LogP contribution in [0.4, 0.5) is 0 Å². The second-order valence-electron chi connectivity index (χ2n) is 8.32. The molecule has 1 N–H and O–H groups in total. The van der Waals surface area contributed by atoms with Gasteiger partial charge in [0.2, 0.25) is 0 Å². The molecule has 0 aliphatic heterocycles. The van der Waals surface area contributed by atoms with E-state index in [0.29, 0.717) is 5.02 Å². The molecular formula is C24H23BClO2S. The van der Waals surface area contributed by atoms with Crippen LogP contribution in [0.2, 0.25) is 5.02 Å². The highest BCUT2D eigenvalue weighted by atomic mass is 35.5. The molecule has 0 amide bonds. The minimum Gasteiger partial charge on any atom is -0.427 e. The van der Waals surface area contributed by atoms with Gasteiger partial charge in [-0.3, -0.25) is 0 Å². The second-order valence-corrected chi connectivity index (χ2v) is 9.81. The SMILES string of the molecule is CC(C)(O)C(C)(C)O[B]c1cc(Cl)ccc1-c1cccc2c1sc1ccccc12. The molecule has 1 aromatic heterocycles. The summed E-state index contributed by atoms with van der Waals surface area (Å²) in [4.78, 5) is 0. The summed E-state index contributed by atoms with van der Waals surface area (Å²) in [5.74, 6) is 0. The van der Waals surface area contributed by atoms with Crippen molar-refractivity contribution in [3.05, 3.63) is 65.7 Å². The van der Waals surface area contributed by atoms with Crippen LogP contribution in [0.25, 0.3) is 31.3 Å². The van der Waals surface area contributed by atoms with E-state index < -0.39 is 11.2 Å². The number of hydrogen-bond donors (Lipinski definition) is 1. The topological polar surface area (TPSA) is 29.5 Å². The molecule has 0 atom stereocenters.